The second-order valence-corrected chi connectivity index (χ2v) is 12.6. The number of ether oxygens (including phenoxy) is 1. The van der Waals surface area contributed by atoms with E-state index < -0.39 is 6.10 Å². The smallest absolute Gasteiger partial charge is 0.160 e. The zero-order chi connectivity index (χ0) is 31.0. The van der Waals surface area contributed by atoms with Crippen molar-refractivity contribution in [3.8, 4) is 16.9 Å². The fourth-order valence-corrected chi connectivity index (χ4v) is 8.16. The molecule has 0 saturated carbocycles. The summed E-state index contributed by atoms with van der Waals surface area (Å²) in [5.74, 6) is 0.788. The molecule has 0 radical (unpaired) electrons. The number of para-hydroxylation sites is 1. The van der Waals surface area contributed by atoms with E-state index in [0.29, 0.717) is 5.71 Å². The molecule has 3 aliphatic rings. The van der Waals surface area contributed by atoms with E-state index in [1.807, 2.05) is 54.6 Å². The average molecular weight is 593 g/mol. The maximum Gasteiger partial charge on any atom is 0.160 e. The molecule has 0 bridgehead atoms. The van der Waals surface area contributed by atoms with Gasteiger partial charge in [-0.2, -0.15) is 0 Å². The van der Waals surface area contributed by atoms with Gasteiger partial charge in [0, 0.05) is 5.56 Å². The van der Waals surface area contributed by atoms with Gasteiger partial charge in [-0.25, -0.2) is 0 Å². The molecule has 2 unspecified atom stereocenters. The van der Waals surface area contributed by atoms with Crippen molar-refractivity contribution in [3.63, 3.8) is 0 Å². The fourth-order valence-electron chi connectivity index (χ4n) is 8.16. The molecule has 0 saturated heterocycles. The summed E-state index contributed by atoms with van der Waals surface area (Å²) in [6.07, 6.45) is -0.398. The van der Waals surface area contributed by atoms with Gasteiger partial charge in [-0.05, 0) is 73.5 Å². The number of nitrogens with one attached hydrogen (secondary N) is 1. The monoisotopic (exact) mass is 592 g/mol. The van der Waals surface area contributed by atoms with Gasteiger partial charge in [0.25, 0.3) is 0 Å². The Bertz CT molecular complexity index is 2290. The minimum absolute atomic E-state index is 0.208. The molecule has 2 atom stereocenters. The molecule has 0 amide bonds. The minimum atomic E-state index is -0.398. The summed E-state index contributed by atoms with van der Waals surface area (Å²) in [7, 11) is 0. The van der Waals surface area contributed by atoms with Gasteiger partial charge in [0.1, 0.15) is 5.75 Å². The van der Waals surface area contributed by atoms with E-state index in [4.69, 9.17) is 15.9 Å². The van der Waals surface area contributed by atoms with Crippen molar-refractivity contribution >= 4 is 27.3 Å². The van der Waals surface area contributed by atoms with E-state index in [-0.39, 0.29) is 11.5 Å². The van der Waals surface area contributed by atoms with E-state index in [1.165, 1.54) is 60.5 Å². The third kappa shape index (κ3) is 3.61. The zero-order valence-corrected chi connectivity index (χ0v) is 25.5. The Morgan fingerprint density at radius 2 is 1.22 bits per heavy atom. The molecule has 0 fully saturated rings. The second kappa shape index (κ2) is 10.00. The highest BCUT2D eigenvalue weighted by Crippen LogP contribution is 2.62. The van der Waals surface area contributed by atoms with E-state index in [2.05, 4.69) is 97.9 Å². The first-order valence-corrected chi connectivity index (χ1v) is 15.9. The zero-order valence-electron chi connectivity index (χ0n) is 25.5. The van der Waals surface area contributed by atoms with Crippen LogP contribution in [0, 0.1) is 12.3 Å². The third-order valence-electron chi connectivity index (χ3n) is 10.1. The molecule has 0 aromatic heterocycles. The molecule has 2 aliphatic carbocycles. The summed E-state index contributed by atoms with van der Waals surface area (Å²) in [5, 5.41) is 13.8. The van der Waals surface area contributed by atoms with Crippen LogP contribution < -0.4 is 10.5 Å². The lowest BCUT2D eigenvalue weighted by Gasteiger charge is -2.31. The number of aryl methyl sites for hydroxylation is 1. The number of hydrogen-bond acceptors (Lipinski definition) is 3. The lowest BCUT2D eigenvalue weighted by atomic mass is 9.70. The lowest BCUT2D eigenvalue weighted by Crippen LogP contribution is -2.33. The Balaban J connectivity index is 0.000000141. The molecular weight excluding hydrogens is 560 g/mol. The van der Waals surface area contributed by atoms with Crippen molar-refractivity contribution in [2.45, 2.75) is 24.5 Å². The minimum Gasteiger partial charge on any atom is -0.482 e. The van der Waals surface area contributed by atoms with Crippen LogP contribution in [-0.4, -0.2) is 11.8 Å². The van der Waals surface area contributed by atoms with Crippen molar-refractivity contribution in [1.82, 2.24) is 0 Å². The highest BCUT2D eigenvalue weighted by Gasteiger charge is 2.50. The average Bonchev–Trinajstić information content (AvgIpc) is 3.71. The summed E-state index contributed by atoms with van der Waals surface area (Å²) in [6.45, 7) is 2.21. The van der Waals surface area contributed by atoms with Crippen molar-refractivity contribution in [1.29, 1.82) is 5.41 Å². The summed E-state index contributed by atoms with van der Waals surface area (Å²) in [4.78, 5) is 0. The van der Waals surface area contributed by atoms with Crippen LogP contribution in [0.1, 0.15) is 45.0 Å². The Hall–Kier alpha value is -5.51. The molecular formula is C43H32N2O. The van der Waals surface area contributed by atoms with Crippen LogP contribution in [-0.2, 0) is 5.41 Å². The molecule has 220 valence electrons. The molecule has 1 spiro atoms. The van der Waals surface area contributed by atoms with Gasteiger partial charge in [0.15, 0.2) is 6.10 Å². The molecule has 3 heteroatoms. The summed E-state index contributed by atoms with van der Waals surface area (Å²) >= 11 is 0. The standard InChI is InChI=1S/C28H18.C15H14N2O/c1-17-12-15-21-20-8-2-3-9-22(20)28(25(21)16-17)23-10-4-6-18-13-14-19-7-5-11-24(28)27(19)26(18)23;16-13(10-6-2-1-3-7-10)15-14(17)11-8-4-5-9-12(11)18-15/h2-16H,1H3;1-9,14-16H,17H2. The summed E-state index contributed by atoms with van der Waals surface area (Å²) < 4.78 is 5.79. The van der Waals surface area contributed by atoms with Crippen LogP contribution in [0.2, 0.25) is 0 Å². The predicted molar refractivity (Wildman–Crippen MR) is 188 cm³/mol. The van der Waals surface area contributed by atoms with Crippen LogP contribution in [0.3, 0.4) is 0 Å². The van der Waals surface area contributed by atoms with Gasteiger partial charge in [-0.3, -0.25) is 0 Å². The van der Waals surface area contributed by atoms with Gasteiger partial charge in [0.2, 0.25) is 0 Å². The van der Waals surface area contributed by atoms with Crippen LogP contribution in [0.4, 0.5) is 0 Å². The maximum absolute atomic E-state index is 8.23. The first-order chi connectivity index (χ1) is 22.6. The van der Waals surface area contributed by atoms with Crippen LogP contribution in [0.5, 0.6) is 5.75 Å². The Morgan fingerprint density at radius 1 is 0.609 bits per heavy atom. The number of hydrogen-bond donors (Lipinski definition) is 2. The number of nitrogens with two attached hydrogens (primary N) is 1. The van der Waals surface area contributed by atoms with Crippen molar-refractivity contribution < 1.29 is 4.74 Å². The molecule has 7 aromatic carbocycles. The topological polar surface area (TPSA) is 59.1 Å². The van der Waals surface area contributed by atoms with E-state index >= 15 is 0 Å². The molecule has 7 aromatic rings. The van der Waals surface area contributed by atoms with E-state index in [0.717, 1.165) is 16.9 Å². The van der Waals surface area contributed by atoms with E-state index in [9.17, 15) is 0 Å². The normalized spacial score (nSPS) is 17.3. The fraction of sp³-hybridized carbons (Fsp3) is 0.0930. The summed E-state index contributed by atoms with van der Waals surface area (Å²) in [5.41, 5.74) is 18.0. The lowest BCUT2D eigenvalue weighted by molar-refractivity contribution is 0.275. The van der Waals surface area contributed by atoms with Gasteiger partial charge < -0.3 is 15.9 Å². The van der Waals surface area contributed by atoms with Gasteiger partial charge >= 0.3 is 0 Å². The van der Waals surface area contributed by atoms with Crippen molar-refractivity contribution in [3.05, 3.63) is 185 Å². The number of fused-ring (bicyclic) bond motifs is 8. The first kappa shape index (κ1) is 26.9. The van der Waals surface area contributed by atoms with Crippen LogP contribution in [0.15, 0.2) is 146 Å². The SMILES string of the molecule is Cc1ccc2c(c1)C1(c3ccccc3-2)c2cccc3ccc4cccc1c4c23.N=C(c1ccccc1)C1Oc2ccccc2C1N. The largest absolute Gasteiger partial charge is 0.482 e. The van der Waals surface area contributed by atoms with Gasteiger partial charge in [-0.1, -0.05) is 145 Å². The van der Waals surface area contributed by atoms with Gasteiger partial charge in [-0.15, -0.1) is 0 Å². The Kier molecular flexibility index (Phi) is 5.84. The second-order valence-electron chi connectivity index (χ2n) is 12.6. The highest BCUT2D eigenvalue weighted by molar-refractivity contribution is 6.17. The number of benzene rings is 7. The molecule has 46 heavy (non-hydrogen) atoms. The molecule has 1 heterocycles. The first-order valence-electron chi connectivity index (χ1n) is 15.9. The van der Waals surface area contributed by atoms with E-state index in [1.54, 1.807) is 0 Å². The molecule has 1 aliphatic heterocycles. The van der Waals surface area contributed by atoms with Crippen molar-refractivity contribution in [2.24, 2.45) is 5.73 Å². The third-order valence-corrected chi connectivity index (χ3v) is 10.1. The Labute approximate surface area is 268 Å². The predicted octanol–water partition coefficient (Wildman–Crippen LogP) is 9.49. The molecule has 3 nitrogen and oxygen atoms in total. The number of rotatable bonds is 2. The maximum atomic E-state index is 8.23. The van der Waals surface area contributed by atoms with Crippen LogP contribution >= 0.6 is 0 Å². The van der Waals surface area contributed by atoms with Crippen molar-refractivity contribution in [2.75, 3.05) is 0 Å². The van der Waals surface area contributed by atoms with Gasteiger partial charge in [0.05, 0.1) is 17.2 Å². The molecule has 3 N–H and O–H groups in total. The Morgan fingerprint density at radius 3 is 1.93 bits per heavy atom. The summed E-state index contributed by atoms with van der Waals surface area (Å²) in [6, 6.07) is 51.2. The highest BCUT2D eigenvalue weighted by atomic mass is 16.5. The van der Waals surface area contributed by atoms with Crippen LogP contribution in [0.25, 0.3) is 32.7 Å². The molecule has 10 rings (SSSR count). The quantitative estimate of drug-likeness (QED) is 0.155.